The lowest BCUT2D eigenvalue weighted by molar-refractivity contribution is -0.133. The predicted molar refractivity (Wildman–Crippen MR) is 176 cm³/mol. The maximum atomic E-state index is 14.2. The van der Waals surface area contributed by atoms with Crippen LogP contribution in [-0.4, -0.2) is 57.9 Å². The monoisotopic (exact) mass is 644 g/mol. The van der Waals surface area contributed by atoms with Crippen molar-refractivity contribution >= 4 is 52.1 Å². The molecule has 3 atom stereocenters. The van der Waals surface area contributed by atoms with Gasteiger partial charge in [0.25, 0.3) is 0 Å². The normalized spacial score (nSPS) is 18.9. The third-order valence-electron chi connectivity index (χ3n) is 8.28. The Kier molecular flexibility index (Phi) is 8.39. The van der Waals surface area contributed by atoms with Crippen LogP contribution in [0.3, 0.4) is 0 Å². The average Bonchev–Trinajstić information content (AvgIpc) is 3.60. The van der Waals surface area contributed by atoms with E-state index in [1.807, 2.05) is 55.5 Å². The molecule has 0 saturated carbocycles. The van der Waals surface area contributed by atoms with Gasteiger partial charge in [0.15, 0.2) is 11.4 Å². The Hall–Kier alpha value is -4.61. The van der Waals surface area contributed by atoms with E-state index in [0.29, 0.717) is 35.9 Å². The molecule has 1 spiro atoms. The number of fused-ring (bicyclic) bond motifs is 3. The van der Waals surface area contributed by atoms with Gasteiger partial charge in [-0.3, -0.25) is 25.8 Å². The Bertz CT molecular complexity index is 1790. The summed E-state index contributed by atoms with van der Waals surface area (Å²) in [7, 11) is 0. The van der Waals surface area contributed by atoms with Crippen LogP contribution in [0.15, 0.2) is 66.7 Å². The summed E-state index contributed by atoms with van der Waals surface area (Å²) < 4.78 is 11.2. The maximum Gasteiger partial charge on any atom is 0.413 e. The molecule has 46 heavy (non-hydrogen) atoms. The number of ether oxygens (including phenoxy) is 2. The lowest BCUT2D eigenvalue weighted by Crippen LogP contribution is -2.49. The van der Waals surface area contributed by atoms with Gasteiger partial charge >= 0.3 is 12.2 Å². The molecule has 3 aromatic carbocycles. The number of aromatic amines is 1. The second-order valence-electron chi connectivity index (χ2n) is 12.8. The number of nitrogens with one attached hydrogen (secondary N) is 4. The molecule has 1 fully saturated rings. The summed E-state index contributed by atoms with van der Waals surface area (Å²) in [4.78, 5) is 40.8. The molecule has 6 rings (SSSR count). The predicted octanol–water partition coefficient (Wildman–Crippen LogP) is 6.52. The Morgan fingerprint density at radius 2 is 1.91 bits per heavy atom. The van der Waals surface area contributed by atoms with E-state index < -0.39 is 29.4 Å². The van der Waals surface area contributed by atoms with Crippen molar-refractivity contribution in [3.05, 3.63) is 88.4 Å². The fourth-order valence-corrected chi connectivity index (χ4v) is 6.30. The third kappa shape index (κ3) is 6.66. The number of aromatic nitrogens is 2. The molecule has 0 radical (unpaired) electrons. The average molecular weight is 645 g/mol. The van der Waals surface area contributed by atoms with Crippen LogP contribution in [0.25, 0.3) is 10.9 Å². The minimum Gasteiger partial charge on any atom is -0.444 e. The molecule has 1 saturated heterocycles. The van der Waals surface area contributed by atoms with E-state index in [9.17, 15) is 14.4 Å². The minimum atomic E-state index is -0.974. The van der Waals surface area contributed by atoms with Gasteiger partial charge in [0.2, 0.25) is 5.91 Å². The first-order valence-electron chi connectivity index (χ1n) is 15.3. The zero-order valence-corrected chi connectivity index (χ0v) is 26.9. The number of benzene rings is 3. The van der Waals surface area contributed by atoms with E-state index in [1.165, 1.54) is 0 Å². The lowest BCUT2D eigenvalue weighted by atomic mass is 9.90. The van der Waals surface area contributed by atoms with Crippen LogP contribution in [0.4, 0.5) is 21.1 Å². The molecule has 0 aliphatic carbocycles. The number of hydrogen-bond donors (Lipinski definition) is 4. The zero-order chi connectivity index (χ0) is 32.6. The topological polar surface area (TPSA) is 138 Å². The van der Waals surface area contributed by atoms with E-state index in [2.05, 4.69) is 26.1 Å². The second kappa shape index (κ2) is 12.3. The number of amides is 3. The van der Waals surface area contributed by atoms with Gasteiger partial charge in [-0.2, -0.15) is 5.10 Å². The SMILES string of the molecule is CC(N[C@@H](Cc1ccccc1)C(=O)N1CC[C@@]2(C1)OC(=O)Nc1ccc(Cl)cc12)c1ccc2c(NC(=O)OC(C)(C)C)n[nH]c2c1. The Labute approximate surface area is 272 Å². The van der Waals surface area contributed by atoms with Crippen molar-refractivity contribution in [2.24, 2.45) is 0 Å². The highest BCUT2D eigenvalue weighted by Gasteiger charge is 2.49. The summed E-state index contributed by atoms with van der Waals surface area (Å²) in [6.45, 7) is 8.04. The second-order valence-corrected chi connectivity index (χ2v) is 13.3. The van der Waals surface area contributed by atoms with E-state index in [4.69, 9.17) is 21.1 Å². The van der Waals surface area contributed by atoms with Crippen molar-refractivity contribution in [1.29, 1.82) is 0 Å². The van der Waals surface area contributed by atoms with Crippen LogP contribution in [-0.2, 0) is 26.3 Å². The number of carbonyl (C=O) groups is 3. The zero-order valence-electron chi connectivity index (χ0n) is 26.1. The molecular formula is C34H37ClN6O5. The number of carbonyl (C=O) groups excluding carboxylic acids is 3. The highest BCUT2D eigenvalue weighted by molar-refractivity contribution is 6.30. The first-order valence-corrected chi connectivity index (χ1v) is 15.6. The number of halogens is 1. The number of H-pyrrole nitrogens is 1. The summed E-state index contributed by atoms with van der Waals surface area (Å²) in [5.74, 6) is 0.287. The van der Waals surface area contributed by atoms with Gasteiger partial charge in [-0.25, -0.2) is 9.59 Å². The fourth-order valence-electron chi connectivity index (χ4n) is 6.13. The number of rotatable bonds is 7. The van der Waals surface area contributed by atoms with Crippen LogP contribution in [0, 0.1) is 0 Å². The van der Waals surface area contributed by atoms with Crippen molar-refractivity contribution < 1.29 is 23.9 Å². The van der Waals surface area contributed by atoms with Gasteiger partial charge in [0.1, 0.15) is 5.60 Å². The largest absolute Gasteiger partial charge is 0.444 e. The van der Waals surface area contributed by atoms with Crippen LogP contribution in [0.1, 0.15) is 56.8 Å². The molecule has 12 heteroatoms. The highest BCUT2D eigenvalue weighted by atomic mass is 35.5. The highest BCUT2D eigenvalue weighted by Crippen LogP contribution is 2.44. The van der Waals surface area contributed by atoms with Crippen LogP contribution >= 0.6 is 11.6 Å². The van der Waals surface area contributed by atoms with Gasteiger partial charge < -0.3 is 14.4 Å². The van der Waals surface area contributed by atoms with Crippen molar-refractivity contribution in [3.63, 3.8) is 0 Å². The van der Waals surface area contributed by atoms with Crippen LogP contribution in [0.5, 0.6) is 0 Å². The summed E-state index contributed by atoms with van der Waals surface area (Å²) >= 11 is 6.32. The van der Waals surface area contributed by atoms with E-state index in [1.54, 1.807) is 43.9 Å². The van der Waals surface area contributed by atoms with Crippen molar-refractivity contribution in [2.45, 2.75) is 63.8 Å². The first-order chi connectivity index (χ1) is 21.9. The maximum absolute atomic E-state index is 14.2. The van der Waals surface area contributed by atoms with E-state index in [0.717, 1.165) is 27.6 Å². The van der Waals surface area contributed by atoms with Crippen LogP contribution < -0.4 is 16.0 Å². The van der Waals surface area contributed by atoms with Gasteiger partial charge in [-0.15, -0.1) is 0 Å². The van der Waals surface area contributed by atoms with Gasteiger partial charge in [-0.1, -0.05) is 48.0 Å². The molecule has 3 heterocycles. The quantitative estimate of drug-likeness (QED) is 0.180. The number of likely N-dealkylation sites (tertiary alicyclic amines) is 1. The Morgan fingerprint density at radius 1 is 1.13 bits per heavy atom. The lowest BCUT2D eigenvalue weighted by Gasteiger charge is -2.36. The van der Waals surface area contributed by atoms with Crippen LogP contribution in [0.2, 0.25) is 5.02 Å². The Morgan fingerprint density at radius 3 is 2.67 bits per heavy atom. The molecule has 0 bridgehead atoms. The molecule has 2 aliphatic rings. The van der Waals surface area contributed by atoms with Gasteiger partial charge in [-0.05, 0) is 75.6 Å². The molecule has 4 aromatic rings. The molecule has 2 aliphatic heterocycles. The first kappa shape index (κ1) is 31.4. The number of anilines is 2. The smallest absolute Gasteiger partial charge is 0.413 e. The summed E-state index contributed by atoms with van der Waals surface area (Å²) in [5, 5.41) is 17.5. The molecule has 4 N–H and O–H groups in total. The number of nitrogens with zero attached hydrogens (tertiary/aromatic N) is 2. The van der Waals surface area contributed by atoms with Gasteiger partial charge in [0.05, 0.1) is 23.8 Å². The van der Waals surface area contributed by atoms with Gasteiger partial charge in [0, 0.05) is 35.0 Å². The summed E-state index contributed by atoms with van der Waals surface area (Å²) in [6, 6.07) is 20.1. The minimum absolute atomic E-state index is 0.0859. The summed E-state index contributed by atoms with van der Waals surface area (Å²) in [5.41, 5.74) is 2.48. The Balaban J connectivity index is 1.22. The van der Waals surface area contributed by atoms with Crippen molar-refractivity contribution in [2.75, 3.05) is 23.7 Å². The molecule has 240 valence electrons. The van der Waals surface area contributed by atoms with E-state index >= 15 is 0 Å². The standard InChI is InChI=1S/C34H37ClN6O5/c1-20(22-10-12-24-27(17-22)39-40-29(24)38-32(44)45-33(2,3)4)36-28(16-21-8-6-5-7-9-21)30(42)41-15-14-34(19-41)25-18-23(35)11-13-26(25)37-31(43)46-34/h5-13,17-18,20,28,36H,14-16,19H2,1-4H3,(H,37,43)(H2,38,39,40,44)/t20?,28-,34-/m0/s1. The molecular weight excluding hydrogens is 608 g/mol. The fraction of sp³-hybridized carbons (Fsp3) is 0.353. The van der Waals surface area contributed by atoms with Crippen molar-refractivity contribution in [3.8, 4) is 0 Å². The van der Waals surface area contributed by atoms with Crippen molar-refractivity contribution in [1.82, 2.24) is 20.4 Å². The molecule has 11 nitrogen and oxygen atoms in total. The van der Waals surface area contributed by atoms with E-state index in [-0.39, 0.29) is 18.5 Å². The molecule has 3 amide bonds. The number of hydrogen-bond acceptors (Lipinski definition) is 7. The third-order valence-corrected chi connectivity index (χ3v) is 8.51. The summed E-state index contributed by atoms with van der Waals surface area (Å²) in [6.07, 6.45) is -0.205. The molecule has 1 aromatic heterocycles. The molecule has 1 unspecified atom stereocenters.